The Kier molecular flexibility index (Phi) is 4.95. The van der Waals surface area contributed by atoms with Gasteiger partial charge < -0.3 is 10.2 Å². The van der Waals surface area contributed by atoms with Gasteiger partial charge in [-0.15, -0.1) is 0 Å². The largest absolute Gasteiger partial charge is 0.347 e. The molecule has 1 aromatic carbocycles. The highest BCUT2D eigenvalue weighted by atomic mass is 35.5. The van der Waals surface area contributed by atoms with Crippen LogP contribution in [-0.2, 0) is 10.3 Å². The van der Waals surface area contributed by atoms with Crippen LogP contribution in [0.2, 0.25) is 5.02 Å². The highest BCUT2D eigenvalue weighted by Crippen LogP contribution is 2.29. The number of carbonyl (C=O) groups excluding carboxylic acids is 1. The highest BCUT2D eigenvalue weighted by molar-refractivity contribution is 6.31. The maximum atomic E-state index is 12.5. The van der Waals surface area contributed by atoms with E-state index in [1.165, 1.54) is 0 Å². The van der Waals surface area contributed by atoms with Crippen LogP contribution in [0.1, 0.15) is 37.8 Å². The van der Waals surface area contributed by atoms with Gasteiger partial charge in [0, 0.05) is 11.6 Å². The van der Waals surface area contributed by atoms with Crippen molar-refractivity contribution in [1.29, 1.82) is 0 Å². The Balaban J connectivity index is 2.11. The van der Waals surface area contributed by atoms with Crippen LogP contribution in [0.5, 0.6) is 0 Å². The van der Waals surface area contributed by atoms with Crippen LogP contribution in [0.25, 0.3) is 0 Å². The summed E-state index contributed by atoms with van der Waals surface area (Å²) in [6.45, 7) is 7.95. The van der Waals surface area contributed by atoms with Gasteiger partial charge in [-0.3, -0.25) is 4.79 Å². The fourth-order valence-electron chi connectivity index (χ4n) is 2.98. The van der Waals surface area contributed by atoms with Crippen molar-refractivity contribution >= 4 is 17.5 Å². The van der Waals surface area contributed by atoms with Crippen molar-refractivity contribution in [3.05, 3.63) is 34.3 Å². The van der Waals surface area contributed by atoms with E-state index in [-0.39, 0.29) is 11.8 Å². The predicted octanol–water partition coefficient (Wildman–Crippen LogP) is 3.34. The minimum absolute atomic E-state index is 0.0762. The molecule has 1 atom stereocenters. The van der Waals surface area contributed by atoms with Crippen LogP contribution < -0.4 is 5.32 Å². The number of amides is 1. The van der Waals surface area contributed by atoms with E-state index in [9.17, 15) is 4.79 Å². The Morgan fingerprint density at radius 3 is 2.76 bits per heavy atom. The van der Waals surface area contributed by atoms with Crippen molar-refractivity contribution in [2.45, 2.75) is 39.2 Å². The number of nitrogens with zero attached hydrogens (tertiary/aromatic N) is 1. The van der Waals surface area contributed by atoms with E-state index < -0.39 is 5.54 Å². The molecule has 2 rings (SSSR count). The third kappa shape index (κ3) is 3.98. The van der Waals surface area contributed by atoms with Crippen molar-refractivity contribution in [3.63, 3.8) is 0 Å². The van der Waals surface area contributed by atoms with Gasteiger partial charge in [0.05, 0.1) is 11.5 Å². The van der Waals surface area contributed by atoms with Crippen molar-refractivity contribution < 1.29 is 4.79 Å². The number of aryl methyl sites for hydroxylation is 1. The molecule has 0 aliphatic carbocycles. The zero-order valence-corrected chi connectivity index (χ0v) is 14.1. The number of nitrogens with one attached hydrogen (secondary N) is 1. The second-order valence-electron chi connectivity index (χ2n) is 6.70. The first-order chi connectivity index (χ1) is 9.79. The number of hydrogen-bond acceptors (Lipinski definition) is 2. The van der Waals surface area contributed by atoms with E-state index >= 15 is 0 Å². The summed E-state index contributed by atoms with van der Waals surface area (Å²) in [7, 11) is 2.07. The Morgan fingerprint density at radius 2 is 2.14 bits per heavy atom. The summed E-state index contributed by atoms with van der Waals surface area (Å²) < 4.78 is 0. The van der Waals surface area contributed by atoms with Gasteiger partial charge in [0.1, 0.15) is 0 Å². The first kappa shape index (κ1) is 16.3. The summed E-state index contributed by atoms with van der Waals surface area (Å²) in [6.07, 6.45) is 2.05. The average molecular weight is 309 g/mol. The fraction of sp³-hybridized carbons (Fsp3) is 0.588. The molecule has 1 aliphatic rings. The fourth-order valence-corrected chi connectivity index (χ4v) is 3.46. The number of likely N-dealkylation sites (tertiary alicyclic amines) is 1. The molecule has 116 valence electrons. The quantitative estimate of drug-likeness (QED) is 0.929. The Labute approximate surface area is 132 Å². The van der Waals surface area contributed by atoms with Gasteiger partial charge in [-0.25, -0.2) is 0 Å². The van der Waals surface area contributed by atoms with Crippen LogP contribution in [-0.4, -0.2) is 30.9 Å². The highest BCUT2D eigenvalue weighted by Gasteiger charge is 2.30. The van der Waals surface area contributed by atoms with Gasteiger partial charge in [0.15, 0.2) is 0 Å². The topological polar surface area (TPSA) is 32.3 Å². The summed E-state index contributed by atoms with van der Waals surface area (Å²) in [4.78, 5) is 14.8. The van der Waals surface area contributed by atoms with Gasteiger partial charge in [0.2, 0.25) is 5.91 Å². The maximum Gasteiger partial charge on any atom is 0.225 e. The standard InChI is InChI=1S/C17H25ClN2O/c1-12-7-8-14(15(18)10-12)17(2,3)19-16(21)13-6-5-9-20(4)11-13/h7-8,10,13H,5-6,9,11H2,1-4H3,(H,19,21). The molecule has 1 heterocycles. The molecule has 0 aromatic heterocycles. The molecule has 0 spiro atoms. The molecule has 3 nitrogen and oxygen atoms in total. The SMILES string of the molecule is Cc1ccc(C(C)(C)NC(=O)C2CCCN(C)C2)c(Cl)c1. The first-order valence-corrected chi connectivity index (χ1v) is 7.94. The lowest BCUT2D eigenvalue weighted by Gasteiger charge is -2.33. The smallest absolute Gasteiger partial charge is 0.225 e. The summed E-state index contributed by atoms with van der Waals surface area (Å²) in [5, 5.41) is 3.88. The second kappa shape index (κ2) is 6.37. The van der Waals surface area contributed by atoms with E-state index in [0.717, 1.165) is 37.1 Å². The van der Waals surface area contributed by atoms with Crippen molar-refractivity contribution in [3.8, 4) is 0 Å². The molecule has 1 fully saturated rings. The van der Waals surface area contributed by atoms with E-state index in [0.29, 0.717) is 5.02 Å². The van der Waals surface area contributed by atoms with Gasteiger partial charge in [-0.1, -0.05) is 23.7 Å². The second-order valence-corrected chi connectivity index (χ2v) is 7.11. The van der Waals surface area contributed by atoms with Crippen LogP contribution in [0.3, 0.4) is 0 Å². The molecule has 1 aliphatic heterocycles. The zero-order chi connectivity index (χ0) is 15.6. The molecule has 1 aromatic rings. The molecular formula is C17H25ClN2O. The van der Waals surface area contributed by atoms with Crippen LogP contribution in [0.15, 0.2) is 18.2 Å². The monoisotopic (exact) mass is 308 g/mol. The third-order valence-corrected chi connectivity index (χ3v) is 4.54. The van der Waals surface area contributed by atoms with Gasteiger partial charge in [-0.05, 0) is 64.4 Å². The van der Waals surface area contributed by atoms with Gasteiger partial charge in [0.25, 0.3) is 0 Å². The first-order valence-electron chi connectivity index (χ1n) is 7.57. The lowest BCUT2D eigenvalue weighted by Crippen LogP contribution is -2.48. The third-order valence-electron chi connectivity index (χ3n) is 4.23. The number of halogens is 1. The summed E-state index contributed by atoms with van der Waals surface area (Å²) in [6, 6.07) is 5.98. The molecule has 0 radical (unpaired) electrons. The molecule has 1 saturated heterocycles. The molecule has 1 N–H and O–H groups in total. The number of benzene rings is 1. The predicted molar refractivity (Wildman–Crippen MR) is 87.6 cm³/mol. The summed E-state index contributed by atoms with van der Waals surface area (Å²) in [5.74, 6) is 0.204. The summed E-state index contributed by atoms with van der Waals surface area (Å²) in [5.41, 5.74) is 1.63. The number of piperidine rings is 1. The Hall–Kier alpha value is -1.06. The lowest BCUT2D eigenvalue weighted by molar-refractivity contribution is -0.128. The van der Waals surface area contributed by atoms with Crippen molar-refractivity contribution in [1.82, 2.24) is 10.2 Å². The van der Waals surface area contributed by atoms with Gasteiger partial charge in [-0.2, -0.15) is 0 Å². The number of hydrogen-bond donors (Lipinski definition) is 1. The van der Waals surface area contributed by atoms with Crippen molar-refractivity contribution in [2.75, 3.05) is 20.1 Å². The average Bonchev–Trinajstić information content (AvgIpc) is 2.37. The van der Waals surface area contributed by atoms with Crippen molar-refractivity contribution in [2.24, 2.45) is 5.92 Å². The molecular weight excluding hydrogens is 284 g/mol. The normalized spacial score (nSPS) is 20.3. The molecule has 1 unspecified atom stereocenters. The molecule has 0 saturated carbocycles. The minimum atomic E-state index is -0.460. The van der Waals surface area contributed by atoms with Crippen LogP contribution in [0, 0.1) is 12.8 Å². The van der Waals surface area contributed by atoms with E-state index in [1.54, 1.807) is 0 Å². The van der Waals surface area contributed by atoms with E-state index in [1.807, 2.05) is 39.0 Å². The zero-order valence-electron chi connectivity index (χ0n) is 13.4. The molecule has 1 amide bonds. The minimum Gasteiger partial charge on any atom is -0.347 e. The van der Waals surface area contributed by atoms with E-state index in [2.05, 4.69) is 17.3 Å². The number of carbonyl (C=O) groups is 1. The van der Waals surface area contributed by atoms with Crippen LogP contribution >= 0.6 is 11.6 Å². The van der Waals surface area contributed by atoms with Crippen LogP contribution in [0.4, 0.5) is 0 Å². The van der Waals surface area contributed by atoms with Gasteiger partial charge >= 0.3 is 0 Å². The maximum absolute atomic E-state index is 12.5. The Bertz CT molecular complexity index is 528. The Morgan fingerprint density at radius 1 is 1.43 bits per heavy atom. The summed E-state index contributed by atoms with van der Waals surface area (Å²) >= 11 is 6.35. The molecule has 0 bridgehead atoms. The van der Waals surface area contributed by atoms with E-state index in [4.69, 9.17) is 11.6 Å². The number of rotatable bonds is 3. The molecule has 4 heteroatoms. The molecule has 21 heavy (non-hydrogen) atoms. The lowest BCUT2D eigenvalue weighted by atomic mass is 9.91.